The highest BCUT2D eigenvalue weighted by Crippen LogP contribution is 2.14. The molecule has 1 aromatic heterocycles. The maximum absolute atomic E-state index is 12.1. The summed E-state index contributed by atoms with van der Waals surface area (Å²) in [4.78, 5) is 24.5. The summed E-state index contributed by atoms with van der Waals surface area (Å²) in [5.74, 6) is -1.26. The van der Waals surface area contributed by atoms with Gasteiger partial charge in [0.1, 0.15) is 0 Å². The molecule has 7 heteroatoms. The second-order valence-electron chi connectivity index (χ2n) is 5.02. The molecule has 7 nitrogen and oxygen atoms in total. The molecule has 0 aromatic carbocycles. The molecule has 0 aliphatic carbocycles. The van der Waals surface area contributed by atoms with Crippen LogP contribution >= 0.6 is 0 Å². The summed E-state index contributed by atoms with van der Waals surface area (Å²) >= 11 is 0. The van der Waals surface area contributed by atoms with Gasteiger partial charge in [-0.25, -0.2) is 4.79 Å². The Balaban J connectivity index is 2.07. The molecular weight excluding hydrogens is 274 g/mol. The molecule has 0 radical (unpaired) electrons. The third-order valence-corrected chi connectivity index (χ3v) is 3.61. The normalized spacial score (nSPS) is 19.2. The molecule has 1 saturated heterocycles. The quantitative estimate of drug-likeness (QED) is 0.814. The lowest BCUT2D eigenvalue weighted by atomic mass is 10.2. The van der Waals surface area contributed by atoms with Crippen molar-refractivity contribution in [3.05, 3.63) is 23.0 Å². The second kappa shape index (κ2) is 6.09. The van der Waals surface area contributed by atoms with Crippen LogP contribution < -0.4 is 0 Å². The predicted molar refractivity (Wildman–Crippen MR) is 75.7 cm³/mol. The van der Waals surface area contributed by atoms with Gasteiger partial charge < -0.3 is 14.7 Å². The van der Waals surface area contributed by atoms with E-state index in [0.717, 1.165) is 17.0 Å². The van der Waals surface area contributed by atoms with E-state index < -0.39 is 12.1 Å². The summed E-state index contributed by atoms with van der Waals surface area (Å²) in [5, 5.41) is 13.2. The van der Waals surface area contributed by atoms with Crippen LogP contribution in [0.15, 0.2) is 6.08 Å². The molecule has 1 N–H and O–H groups in total. The Hall–Kier alpha value is -2.15. The Morgan fingerprint density at radius 1 is 1.43 bits per heavy atom. The van der Waals surface area contributed by atoms with E-state index >= 15 is 0 Å². The van der Waals surface area contributed by atoms with Crippen molar-refractivity contribution in [1.82, 2.24) is 14.7 Å². The molecule has 2 heterocycles. The van der Waals surface area contributed by atoms with Gasteiger partial charge in [-0.2, -0.15) is 5.10 Å². The maximum Gasteiger partial charge on any atom is 0.334 e. The molecule has 1 atom stereocenters. The van der Waals surface area contributed by atoms with Crippen molar-refractivity contribution in [2.45, 2.75) is 20.0 Å². The maximum atomic E-state index is 12.1. The van der Waals surface area contributed by atoms with Crippen molar-refractivity contribution in [2.75, 3.05) is 19.7 Å². The zero-order valence-corrected chi connectivity index (χ0v) is 12.4. The van der Waals surface area contributed by atoms with E-state index in [9.17, 15) is 9.59 Å². The molecule has 21 heavy (non-hydrogen) atoms. The standard InChI is InChI=1S/C14H19N3O4/c1-9-11(10(2)16(3)15-9)4-5-13(18)17-6-7-21-12(8-17)14(19)20/h4-5,12H,6-8H2,1-3H3,(H,19,20). The van der Waals surface area contributed by atoms with Crippen LogP contribution in [0, 0.1) is 13.8 Å². The zero-order valence-electron chi connectivity index (χ0n) is 12.4. The van der Waals surface area contributed by atoms with Crippen LogP contribution in [0.3, 0.4) is 0 Å². The first kappa shape index (κ1) is 15.2. The summed E-state index contributed by atoms with van der Waals surface area (Å²) in [7, 11) is 1.85. The van der Waals surface area contributed by atoms with Crippen LogP contribution in [0.5, 0.6) is 0 Å². The van der Waals surface area contributed by atoms with Gasteiger partial charge in [0.2, 0.25) is 5.91 Å². The van der Waals surface area contributed by atoms with Crippen LogP contribution in [-0.2, 0) is 21.4 Å². The lowest BCUT2D eigenvalue weighted by molar-refractivity contribution is -0.158. The fourth-order valence-corrected chi connectivity index (χ4v) is 2.29. The van der Waals surface area contributed by atoms with Gasteiger partial charge in [0.15, 0.2) is 6.10 Å². The first-order valence-electron chi connectivity index (χ1n) is 6.71. The minimum Gasteiger partial charge on any atom is -0.479 e. The van der Waals surface area contributed by atoms with Crippen molar-refractivity contribution in [3.8, 4) is 0 Å². The van der Waals surface area contributed by atoms with Crippen molar-refractivity contribution in [2.24, 2.45) is 7.05 Å². The van der Waals surface area contributed by atoms with E-state index in [4.69, 9.17) is 9.84 Å². The number of aromatic nitrogens is 2. The van der Waals surface area contributed by atoms with E-state index in [1.807, 2.05) is 20.9 Å². The van der Waals surface area contributed by atoms with E-state index in [2.05, 4.69) is 5.10 Å². The molecular formula is C14H19N3O4. The SMILES string of the molecule is Cc1nn(C)c(C)c1C=CC(=O)N1CCOC(C(=O)O)C1. The third kappa shape index (κ3) is 3.30. The first-order valence-corrected chi connectivity index (χ1v) is 6.71. The highest BCUT2D eigenvalue weighted by molar-refractivity contribution is 5.92. The summed E-state index contributed by atoms with van der Waals surface area (Å²) in [6.07, 6.45) is 2.24. The van der Waals surface area contributed by atoms with Crippen LogP contribution in [-0.4, -0.2) is 57.5 Å². The zero-order chi connectivity index (χ0) is 15.6. The number of carboxylic acids is 1. The Morgan fingerprint density at radius 3 is 2.71 bits per heavy atom. The van der Waals surface area contributed by atoms with Gasteiger partial charge in [0, 0.05) is 30.9 Å². The second-order valence-corrected chi connectivity index (χ2v) is 5.02. The number of hydrogen-bond donors (Lipinski definition) is 1. The van der Waals surface area contributed by atoms with Crippen molar-refractivity contribution in [3.63, 3.8) is 0 Å². The monoisotopic (exact) mass is 293 g/mol. The number of ether oxygens (including phenoxy) is 1. The summed E-state index contributed by atoms with van der Waals surface area (Å²) in [5.41, 5.74) is 2.74. The van der Waals surface area contributed by atoms with Crippen LogP contribution in [0.4, 0.5) is 0 Å². The molecule has 1 fully saturated rings. The molecule has 114 valence electrons. The number of rotatable bonds is 3. The third-order valence-electron chi connectivity index (χ3n) is 3.61. The van der Waals surface area contributed by atoms with Gasteiger partial charge in [0.25, 0.3) is 0 Å². The number of amides is 1. The molecule has 0 bridgehead atoms. The first-order chi connectivity index (χ1) is 9.90. The van der Waals surface area contributed by atoms with Crippen LogP contribution in [0.2, 0.25) is 0 Å². The van der Waals surface area contributed by atoms with E-state index in [0.29, 0.717) is 6.54 Å². The number of aliphatic carboxylic acids is 1. The Labute approximate surface area is 122 Å². The van der Waals surface area contributed by atoms with Gasteiger partial charge in [0.05, 0.1) is 18.8 Å². The molecule has 0 saturated carbocycles. The summed E-state index contributed by atoms with van der Waals surface area (Å²) in [6, 6.07) is 0. The number of nitrogens with zero attached hydrogens (tertiary/aromatic N) is 3. The van der Waals surface area contributed by atoms with Crippen molar-refractivity contribution < 1.29 is 19.4 Å². The average molecular weight is 293 g/mol. The van der Waals surface area contributed by atoms with E-state index in [1.165, 1.54) is 11.0 Å². The lowest BCUT2D eigenvalue weighted by Gasteiger charge is -2.30. The van der Waals surface area contributed by atoms with Crippen LogP contribution in [0.1, 0.15) is 17.0 Å². The molecule has 1 unspecified atom stereocenters. The van der Waals surface area contributed by atoms with E-state index in [1.54, 1.807) is 10.8 Å². The van der Waals surface area contributed by atoms with Crippen LogP contribution in [0.25, 0.3) is 6.08 Å². The topological polar surface area (TPSA) is 84.7 Å². The fraction of sp³-hybridized carbons (Fsp3) is 0.500. The fourth-order valence-electron chi connectivity index (χ4n) is 2.29. The highest BCUT2D eigenvalue weighted by Gasteiger charge is 2.28. The minimum atomic E-state index is -1.05. The van der Waals surface area contributed by atoms with Gasteiger partial charge in [-0.3, -0.25) is 9.48 Å². The largest absolute Gasteiger partial charge is 0.479 e. The lowest BCUT2D eigenvalue weighted by Crippen LogP contribution is -2.48. The number of morpholine rings is 1. The number of carbonyl (C=O) groups is 2. The molecule has 1 aliphatic heterocycles. The van der Waals surface area contributed by atoms with Gasteiger partial charge in [-0.1, -0.05) is 0 Å². The van der Waals surface area contributed by atoms with Gasteiger partial charge in [-0.15, -0.1) is 0 Å². The summed E-state index contributed by atoms with van der Waals surface area (Å²) < 4.78 is 6.85. The summed E-state index contributed by atoms with van der Waals surface area (Å²) in [6.45, 7) is 4.52. The Bertz CT molecular complexity index is 591. The van der Waals surface area contributed by atoms with Gasteiger partial charge in [-0.05, 0) is 19.9 Å². The molecule has 1 aromatic rings. The minimum absolute atomic E-state index is 0.0729. The molecule has 1 amide bonds. The molecule has 2 rings (SSSR count). The predicted octanol–water partition coefficient (Wildman–Crippen LogP) is 0.362. The molecule has 1 aliphatic rings. The molecule has 0 spiro atoms. The number of aryl methyl sites for hydroxylation is 2. The Kier molecular flexibility index (Phi) is 4.42. The van der Waals surface area contributed by atoms with Crippen molar-refractivity contribution >= 4 is 18.0 Å². The van der Waals surface area contributed by atoms with Crippen molar-refractivity contribution in [1.29, 1.82) is 0 Å². The number of carboxylic acid groups (broad SMARTS) is 1. The number of hydrogen-bond acceptors (Lipinski definition) is 4. The number of carbonyl (C=O) groups excluding carboxylic acids is 1. The highest BCUT2D eigenvalue weighted by atomic mass is 16.5. The average Bonchev–Trinajstić information content (AvgIpc) is 2.70. The Morgan fingerprint density at radius 2 is 2.14 bits per heavy atom. The smallest absolute Gasteiger partial charge is 0.334 e. The van der Waals surface area contributed by atoms with Gasteiger partial charge >= 0.3 is 5.97 Å². The van der Waals surface area contributed by atoms with E-state index in [-0.39, 0.29) is 19.1 Å².